The van der Waals surface area contributed by atoms with Crippen LogP contribution in [0.4, 0.5) is 58.9 Å². The second-order valence-corrected chi connectivity index (χ2v) is 28.5. The molecule has 0 spiro atoms. The number of carbonyl (C=O) groups is 6. The Balaban J connectivity index is 0.000000142. The molecule has 16 nitrogen and oxygen atoms in total. The van der Waals surface area contributed by atoms with Gasteiger partial charge in [-0.25, -0.2) is 9.97 Å². The summed E-state index contributed by atoms with van der Waals surface area (Å²) in [5.41, 5.74) is 12.9. The van der Waals surface area contributed by atoms with Gasteiger partial charge >= 0.3 is 6.18 Å². The van der Waals surface area contributed by atoms with Crippen molar-refractivity contribution in [3.05, 3.63) is 304 Å². The van der Waals surface area contributed by atoms with Gasteiger partial charge in [-0.3, -0.25) is 53.4 Å². The third kappa shape index (κ3) is 14.0. The molecule has 0 saturated heterocycles. The molecule has 7 heterocycles. The lowest BCUT2D eigenvalue weighted by molar-refractivity contribution is -0.138. The summed E-state index contributed by atoms with van der Waals surface area (Å²) in [4.78, 5) is 103. The van der Waals surface area contributed by atoms with Crippen LogP contribution in [-0.2, 0) is 36.8 Å². The van der Waals surface area contributed by atoms with Crippen LogP contribution in [0, 0.1) is 34.6 Å². The van der Waals surface area contributed by atoms with Crippen LogP contribution >= 0.6 is 0 Å². The van der Waals surface area contributed by atoms with Gasteiger partial charge in [0.2, 0.25) is 17.7 Å². The van der Waals surface area contributed by atoms with E-state index in [-0.39, 0.29) is 29.5 Å². The quantitative estimate of drug-likeness (QED) is 0.113. The fraction of sp³-hybridized carbons (Fsp3) is 0.182. The number of carbonyl (C=O) groups excluding carboxylic acids is 6. The largest absolute Gasteiger partial charge is 0.417 e. The first-order chi connectivity index (χ1) is 51.0. The van der Waals surface area contributed by atoms with E-state index < -0.39 is 39.5 Å². The Bertz CT molecular complexity index is 5220. The van der Waals surface area contributed by atoms with Gasteiger partial charge in [-0.1, -0.05) is 126 Å². The van der Waals surface area contributed by atoms with Gasteiger partial charge < -0.3 is 16.0 Å². The number of alkyl halides is 3. The minimum absolute atomic E-state index is 0.0249. The van der Waals surface area contributed by atoms with Crippen LogP contribution in [0.1, 0.15) is 123 Å². The van der Waals surface area contributed by atoms with Crippen molar-refractivity contribution >= 4 is 87.0 Å². The Labute approximate surface area is 618 Å². The van der Waals surface area contributed by atoms with Gasteiger partial charge in [0, 0.05) is 46.8 Å². The molecule has 0 radical (unpaired) electrons. The number of nitrogens with one attached hydrogen (secondary N) is 3. The summed E-state index contributed by atoms with van der Waals surface area (Å²) in [5, 5.41) is 8.53. The van der Waals surface area contributed by atoms with Crippen LogP contribution in [0.2, 0.25) is 0 Å². The van der Waals surface area contributed by atoms with Gasteiger partial charge in [-0.05, 0) is 235 Å². The smallest absolute Gasteiger partial charge is 0.322 e. The van der Waals surface area contributed by atoms with E-state index in [9.17, 15) is 41.9 Å². The Morgan fingerprint density at radius 2 is 0.813 bits per heavy atom. The highest BCUT2D eigenvalue weighted by atomic mass is 19.4. The van der Waals surface area contributed by atoms with Gasteiger partial charge in [-0.15, -0.1) is 0 Å². The predicted octanol–water partition coefficient (Wildman–Crippen LogP) is 19.1. The van der Waals surface area contributed by atoms with Crippen molar-refractivity contribution < 1.29 is 41.9 Å². The van der Waals surface area contributed by atoms with E-state index in [0.29, 0.717) is 68.9 Å². The number of nitrogens with zero attached hydrogens (tertiary/aromatic N) is 7. The summed E-state index contributed by atoms with van der Waals surface area (Å²) >= 11 is 0. The Morgan fingerprint density at radius 3 is 1.23 bits per heavy atom. The summed E-state index contributed by atoms with van der Waals surface area (Å²) in [6.45, 7) is 21.4. The van der Waals surface area contributed by atoms with Crippen molar-refractivity contribution in [1.29, 1.82) is 0 Å². The Kier molecular flexibility index (Phi) is 19.5. The number of amidine groups is 1. The first kappa shape index (κ1) is 72.6. The minimum atomic E-state index is -4.73. The molecular weight excluding hydrogens is 1350 g/mol. The van der Waals surface area contributed by atoms with Gasteiger partial charge in [0.05, 0.1) is 62.2 Å². The molecule has 15 rings (SSSR count). The fourth-order valence-electron chi connectivity index (χ4n) is 14.1. The zero-order valence-electron chi connectivity index (χ0n) is 60.9. The number of fused-ring (bicyclic) bond motifs is 3. The molecule has 536 valence electrons. The van der Waals surface area contributed by atoms with E-state index in [0.717, 1.165) is 84.5 Å². The topological polar surface area (TPSA) is 199 Å². The second-order valence-electron chi connectivity index (χ2n) is 28.5. The van der Waals surface area contributed by atoms with E-state index in [4.69, 9.17) is 0 Å². The number of aryl methyl sites for hydroxylation is 5. The van der Waals surface area contributed by atoms with E-state index in [1.54, 1.807) is 95.7 Å². The average molecular weight is 1430 g/mol. The van der Waals surface area contributed by atoms with Crippen LogP contribution in [0.3, 0.4) is 0 Å². The molecule has 0 aliphatic carbocycles. The lowest BCUT2D eigenvalue weighted by Gasteiger charge is -2.21. The van der Waals surface area contributed by atoms with E-state index >= 15 is 0 Å². The predicted molar refractivity (Wildman–Crippen MR) is 416 cm³/mol. The molecule has 4 aliphatic rings. The first-order valence-corrected chi connectivity index (χ1v) is 34.9. The van der Waals surface area contributed by atoms with Crippen LogP contribution < -0.4 is 30.7 Å². The molecule has 6 amide bonds. The Morgan fingerprint density at radius 1 is 0.421 bits per heavy atom. The molecule has 8 aromatic carbocycles. The maximum absolute atomic E-state index is 13.9. The van der Waals surface area contributed by atoms with Gasteiger partial charge in [0.1, 0.15) is 17.5 Å². The second kappa shape index (κ2) is 28.7. The van der Waals surface area contributed by atoms with Crippen LogP contribution in [0.25, 0.3) is 33.4 Å². The SMILES string of the molecule is Cc1ccc(NC(=O)c2cc(-c3cccc4c3C(C)(C)C(=O)N4C3=NCC=C3)ccc2C(F)(F)F)cc1.Cc1ccc(NC(=O)c2cc(-c3cccc4c3C(C)(C)C(=O)N4c3ccccn3)ccc2C)cc1.Cc1ccc(NC(=O)c2cc(-c3cccc4c3C(C)(C)C(=O)N4c3ccccn3)cnc2C)cc1. The number of hydrogen-bond acceptors (Lipinski definition) is 10. The van der Waals surface area contributed by atoms with Crippen molar-refractivity contribution in [2.45, 2.75) is 98.6 Å². The normalized spacial score (nSPS) is 14.8. The molecule has 19 heteroatoms. The van der Waals surface area contributed by atoms with E-state index in [1.807, 2.05) is 214 Å². The third-order valence-corrected chi connectivity index (χ3v) is 19.8. The van der Waals surface area contributed by atoms with Crippen molar-refractivity contribution in [2.75, 3.05) is 37.2 Å². The average Bonchev–Trinajstić information content (AvgIpc) is 1.60. The summed E-state index contributed by atoms with van der Waals surface area (Å²) in [7, 11) is 0. The number of anilines is 8. The molecule has 3 aromatic heterocycles. The molecule has 0 saturated carbocycles. The fourth-order valence-corrected chi connectivity index (χ4v) is 14.1. The number of aliphatic imine (C=N–C) groups is 1. The van der Waals surface area contributed by atoms with Gasteiger partial charge in [-0.2, -0.15) is 13.2 Å². The molecule has 0 unspecified atom stereocenters. The molecule has 0 fully saturated rings. The van der Waals surface area contributed by atoms with Gasteiger partial charge in [0.15, 0.2) is 0 Å². The number of benzene rings is 8. The van der Waals surface area contributed by atoms with E-state index in [2.05, 4.69) is 35.9 Å². The maximum Gasteiger partial charge on any atom is 0.417 e. The van der Waals surface area contributed by atoms with Crippen molar-refractivity contribution in [3.63, 3.8) is 0 Å². The lowest BCUT2D eigenvalue weighted by atomic mass is 9.81. The summed E-state index contributed by atoms with van der Waals surface area (Å²) < 4.78 is 41.7. The van der Waals surface area contributed by atoms with Crippen LogP contribution in [0.5, 0.6) is 0 Å². The number of amides is 6. The van der Waals surface area contributed by atoms with Crippen molar-refractivity contribution in [3.8, 4) is 33.4 Å². The highest BCUT2D eigenvalue weighted by Gasteiger charge is 2.50. The number of rotatable bonds is 11. The molecule has 107 heavy (non-hydrogen) atoms. The summed E-state index contributed by atoms with van der Waals surface area (Å²) in [6, 6.07) is 61.6. The molecule has 0 bridgehead atoms. The summed E-state index contributed by atoms with van der Waals surface area (Å²) in [6.07, 6.45) is 4.04. The highest BCUT2D eigenvalue weighted by molar-refractivity contribution is 6.28. The van der Waals surface area contributed by atoms with Crippen molar-refractivity contribution in [2.24, 2.45) is 4.99 Å². The standard InChI is InChI=1S/C30H27N3O2.C29H24F3N3O2.C29H26N4O2/c1-19-11-15-22(16-12-19)32-28(34)24-18-21(14-13-20(24)2)23-8-7-9-25-27(23)30(3,4)29(35)33(25)26-10-5-6-17-31-26;1-17-9-12-19(13-10-17)34-26(36)21-16-18(11-14-22(21)29(30,31)32)20-6-4-7-23-25(20)28(2,3)27(37)35(23)24-8-5-15-33-24;1-18-11-13-21(14-12-18)32-27(34)23-16-20(17-31-19(23)2)22-8-7-9-24-26(22)29(3,4)28(35)33(24)25-10-5-6-15-30-25/h5-18H,1-4H3,(H,32,34);4-14,16H,15H2,1-3H3,(H,34,36);5-17H,1-4H3,(H,32,34). The summed E-state index contributed by atoms with van der Waals surface area (Å²) in [5.74, 6) is 0.214. The molecule has 4 aliphatic heterocycles. The highest BCUT2D eigenvalue weighted by Crippen LogP contribution is 2.52. The monoisotopic (exact) mass is 1430 g/mol. The lowest BCUT2D eigenvalue weighted by Crippen LogP contribution is -2.39. The van der Waals surface area contributed by atoms with Crippen LogP contribution in [0.15, 0.2) is 242 Å². The number of pyridine rings is 3. The maximum atomic E-state index is 13.9. The molecular formula is C88H77F3N10O6. The van der Waals surface area contributed by atoms with E-state index in [1.165, 1.54) is 12.1 Å². The number of aromatic nitrogens is 3. The molecule has 11 aromatic rings. The van der Waals surface area contributed by atoms with Crippen molar-refractivity contribution in [1.82, 2.24) is 15.0 Å². The molecule has 0 atom stereocenters. The minimum Gasteiger partial charge on any atom is -0.322 e. The third-order valence-electron chi connectivity index (χ3n) is 19.8. The first-order valence-electron chi connectivity index (χ1n) is 34.9. The van der Waals surface area contributed by atoms with Crippen LogP contribution in [-0.4, -0.2) is 62.8 Å². The zero-order valence-corrected chi connectivity index (χ0v) is 60.9. The Hall–Kier alpha value is -12.8. The number of hydrogen-bond donors (Lipinski definition) is 3. The zero-order chi connectivity index (χ0) is 76.0. The van der Waals surface area contributed by atoms with Gasteiger partial charge in [0.25, 0.3) is 17.7 Å². The molecule has 3 N–H and O–H groups in total. The number of halogens is 3.